The van der Waals surface area contributed by atoms with Crippen LogP contribution < -0.4 is 9.47 Å². The minimum Gasteiger partial charge on any atom is -0.486 e. The monoisotopic (exact) mass is 332 g/mol. The summed E-state index contributed by atoms with van der Waals surface area (Å²) < 4.78 is 16.6. The summed E-state index contributed by atoms with van der Waals surface area (Å²) in [6, 6.07) is 7.53. The summed E-state index contributed by atoms with van der Waals surface area (Å²) in [5.74, 6) is 1.30. The SMILES string of the molecule is O=C1COC(=O)N1[C@H]1CCCN(C[C@H]2COc3ccccc3O2)C1. The van der Waals surface area contributed by atoms with Gasteiger partial charge < -0.3 is 14.2 Å². The van der Waals surface area contributed by atoms with Crippen LogP contribution in [-0.2, 0) is 9.53 Å². The Morgan fingerprint density at radius 2 is 1.96 bits per heavy atom. The van der Waals surface area contributed by atoms with Crippen molar-refractivity contribution in [2.75, 3.05) is 32.8 Å². The van der Waals surface area contributed by atoms with Gasteiger partial charge in [0.25, 0.3) is 5.91 Å². The standard InChI is InChI=1S/C17H20N2O5/c20-16-11-23-17(21)19(16)12-4-3-7-18(8-12)9-13-10-22-14-5-1-2-6-15(14)24-13/h1-2,5-6,12-13H,3-4,7-11H2/t12-,13-/m0/s1. The Hall–Kier alpha value is -2.28. The van der Waals surface area contributed by atoms with E-state index < -0.39 is 6.09 Å². The van der Waals surface area contributed by atoms with Crippen LogP contribution in [0.3, 0.4) is 0 Å². The number of rotatable bonds is 3. The summed E-state index contributed by atoms with van der Waals surface area (Å²) in [4.78, 5) is 27.1. The van der Waals surface area contributed by atoms with Crippen molar-refractivity contribution in [1.82, 2.24) is 9.80 Å². The van der Waals surface area contributed by atoms with Crippen molar-refractivity contribution in [3.63, 3.8) is 0 Å². The molecule has 1 aromatic carbocycles. The normalized spacial score (nSPS) is 27.2. The number of ether oxygens (including phenoxy) is 3. The van der Waals surface area contributed by atoms with Gasteiger partial charge in [-0.05, 0) is 31.5 Å². The van der Waals surface area contributed by atoms with Crippen molar-refractivity contribution in [2.45, 2.75) is 25.0 Å². The van der Waals surface area contributed by atoms with E-state index in [9.17, 15) is 9.59 Å². The summed E-state index contributed by atoms with van der Waals surface area (Å²) in [6.45, 7) is 2.66. The molecule has 7 heteroatoms. The number of hydrogen-bond donors (Lipinski definition) is 0. The Labute approximate surface area is 140 Å². The van der Waals surface area contributed by atoms with Crippen molar-refractivity contribution in [3.05, 3.63) is 24.3 Å². The lowest BCUT2D eigenvalue weighted by molar-refractivity contribution is -0.128. The minimum atomic E-state index is -0.516. The Balaban J connectivity index is 1.37. The zero-order chi connectivity index (χ0) is 16.5. The number of amides is 2. The predicted molar refractivity (Wildman–Crippen MR) is 84.0 cm³/mol. The molecule has 2 atom stereocenters. The Morgan fingerprint density at radius 1 is 1.12 bits per heavy atom. The molecular weight excluding hydrogens is 312 g/mol. The molecule has 0 bridgehead atoms. The van der Waals surface area contributed by atoms with Gasteiger partial charge in [0, 0.05) is 13.1 Å². The second-order valence-electron chi connectivity index (χ2n) is 6.37. The highest BCUT2D eigenvalue weighted by atomic mass is 16.6. The van der Waals surface area contributed by atoms with Crippen LogP contribution in [0.5, 0.6) is 11.5 Å². The zero-order valence-electron chi connectivity index (χ0n) is 13.3. The topological polar surface area (TPSA) is 68.3 Å². The number of benzene rings is 1. The number of likely N-dealkylation sites (tertiary alicyclic amines) is 1. The molecule has 7 nitrogen and oxygen atoms in total. The van der Waals surface area contributed by atoms with Gasteiger partial charge in [0.05, 0.1) is 6.04 Å². The number of nitrogens with zero attached hydrogens (tertiary/aromatic N) is 2. The third-order valence-electron chi connectivity index (χ3n) is 4.66. The van der Waals surface area contributed by atoms with Gasteiger partial charge in [0.2, 0.25) is 0 Å². The molecule has 0 saturated carbocycles. The van der Waals surface area contributed by atoms with Crippen molar-refractivity contribution in [2.24, 2.45) is 0 Å². The number of carbonyl (C=O) groups excluding carboxylic acids is 2. The first-order valence-corrected chi connectivity index (χ1v) is 8.30. The highest BCUT2D eigenvalue weighted by Gasteiger charge is 2.39. The third kappa shape index (κ3) is 2.91. The molecular formula is C17H20N2O5. The van der Waals surface area contributed by atoms with Crippen molar-refractivity contribution < 1.29 is 23.8 Å². The van der Waals surface area contributed by atoms with E-state index in [1.165, 1.54) is 4.90 Å². The molecule has 0 unspecified atom stereocenters. The number of imide groups is 1. The second-order valence-corrected chi connectivity index (χ2v) is 6.37. The van der Waals surface area contributed by atoms with E-state index in [0.29, 0.717) is 19.7 Å². The quantitative estimate of drug-likeness (QED) is 0.830. The van der Waals surface area contributed by atoms with Crippen molar-refractivity contribution >= 4 is 12.0 Å². The van der Waals surface area contributed by atoms with E-state index in [0.717, 1.165) is 30.9 Å². The van der Waals surface area contributed by atoms with Crippen molar-refractivity contribution in [1.29, 1.82) is 0 Å². The summed E-state index contributed by atoms with van der Waals surface area (Å²) in [7, 11) is 0. The van der Waals surface area contributed by atoms with E-state index >= 15 is 0 Å². The van der Waals surface area contributed by atoms with Crippen LogP contribution in [0.4, 0.5) is 4.79 Å². The van der Waals surface area contributed by atoms with Crippen LogP contribution in [0.25, 0.3) is 0 Å². The first-order valence-electron chi connectivity index (χ1n) is 8.30. The number of carbonyl (C=O) groups is 2. The van der Waals surface area contributed by atoms with Crippen LogP contribution in [-0.4, -0.2) is 66.8 Å². The molecule has 3 heterocycles. The fraction of sp³-hybridized carbons (Fsp3) is 0.529. The van der Waals surface area contributed by atoms with E-state index in [1.54, 1.807) is 0 Å². The fourth-order valence-corrected chi connectivity index (χ4v) is 3.57. The van der Waals surface area contributed by atoms with E-state index in [2.05, 4.69) is 4.90 Å². The van der Waals surface area contributed by atoms with E-state index in [1.807, 2.05) is 24.3 Å². The molecule has 2 fully saturated rings. The number of fused-ring (bicyclic) bond motifs is 1. The number of para-hydroxylation sites is 2. The Bertz CT molecular complexity index is 634. The van der Waals surface area contributed by atoms with Gasteiger partial charge >= 0.3 is 6.09 Å². The van der Waals surface area contributed by atoms with Gasteiger partial charge in [-0.2, -0.15) is 0 Å². The molecule has 0 aliphatic carbocycles. The minimum absolute atomic E-state index is 0.0557. The first kappa shape index (κ1) is 15.3. The van der Waals surface area contributed by atoms with Crippen LogP contribution in [0.2, 0.25) is 0 Å². The lowest BCUT2D eigenvalue weighted by atomic mass is 10.0. The third-order valence-corrected chi connectivity index (χ3v) is 4.66. The number of piperidine rings is 1. The molecule has 0 aromatic heterocycles. The molecule has 2 saturated heterocycles. The smallest absolute Gasteiger partial charge is 0.417 e. The molecule has 1 aromatic rings. The molecule has 4 rings (SSSR count). The lowest BCUT2D eigenvalue weighted by Gasteiger charge is -2.38. The Kier molecular flexibility index (Phi) is 4.02. The number of hydrogen-bond acceptors (Lipinski definition) is 6. The largest absolute Gasteiger partial charge is 0.486 e. The summed E-state index contributed by atoms with van der Waals surface area (Å²) in [5, 5.41) is 0. The van der Waals surface area contributed by atoms with Crippen LogP contribution in [0.1, 0.15) is 12.8 Å². The second kappa shape index (κ2) is 6.32. The molecule has 3 aliphatic rings. The molecule has 0 radical (unpaired) electrons. The van der Waals surface area contributed by atoms with Crippen molar-refractivity contribution in [3.8, 4) is 11.5 Å². The van der Waals surface area contributed by atoms with Crippen LogP contribution in [0.15, 0.2) is 24.3 Å². The average molecular weight is 332 g/mol. The van der Waals surface area contributed by atoms with Gasteiger partial charge in [-0.15, -0.1) is 0 Å². The molecule has 128 valence electrons. The fourth-order valence-electron chi connectivity index (χ4n) is 3.57. The summed E-state index contributed by atoms with van der Waals surface area (Å²) in [5.41, 5.74) is 0. The Morgan fingerprint density at radius 3 is 2.75 bits per heavy atom. The van der Waals surface area contributed by atoms with E-state index in [-0.39, 0.29) is 24.7 Å². The van der Waals surface area contributed by atoms with Gasteiger partial charge in [-0.1, -0.05) is 12.1 Å². The molecule has 0 N–H and O–H groups in total. The maximum absolute atomic E-state index is 11.8. The van der Waals surface area contributed by atoms with Gasteiger partial charge in [0.1, 0.15) is 12.7 Å². The maximum atomic E-state index is 11.8. The van der Waals surface area contributed by atoms with E-state index in [4.69, 9.17) is 14.2 Å². The maximum Gasteiger partial charge on any atom is 0.417 e. The average Bonchev–Trinajstić information content (AvgIpc) is 2.94. The predicted octanol–water partition coefficient (Wildman–Crippen LogP) is 1.27. The van der Waals surface area contributed by atoms with Crippen LogP contribution in [0, 0.1) is 0 Å². The van der Waals surface area contributed by atoms with Gasteiger partial charge in [-0.3, -0.25) is 9.69 Å². The summed E-state index contributed by atoms with van der Waals surface area (Å²) in [6.07, 6.45) is 1.19. The highest BCUT2D eigenvalue weighted by molar-refractivity contribution is 5.98. The highest BCUT2D eigenvalue weighted by Crippen LogP contribution is 2.31. The molecule has 3 aliphatic heterocycles. The molecule has 2 amide bonds. The zero-order valence-corrected chi connectivity index (χ0v) is 13.3. The lowest BCUT2D eigenvalue weighted by Crippen LogP contribution is -2.52. The first-order chi connectivity index (χ1) is 11.7. The molecule has 24 heavy (non-hydrogen) atoms. The number of cyclic esters (lactones) is 1. The van der Waals surface area contributed by atoms with Gasteiger partial charge in [0.15, 0.2) is 18.1 Å². The van der Waals surface area contributed by atoms with Crippen LogP contribution >= 0.6 is 0 Å². The van der Waals surface area contributed by atoms with Gasteiger partial charge in [-0.25, -0.2) is 9.69 Å². The molecule has 0 spiro atoms. The summed E-state index contributed by atoms with van der Waals surface area (Å²) >= 11 is 0.